The van der Waals surface area contributed by atoms with Crippen LogP contribution in [0, 0.1) is 5.92 Å². The third kappa shape index (κ3) is 3.62. The standard InChI is InChI=1S/C14H21N3O5/c1-9(2)7-16-12(19)13(20)17(14(16)21)8-11(18)15-6-10-4-3-5-22-10/h9-10H,3-8H2,1-2H3,(H,15,18). The zero-order valence-corrected chi connectivity index (χ0v) is 12.8. The van der Waals surface area contributed by atoms with Crippen LogP contribution in [0.2, 0.25) is 0 Å². The summed E-state index contributed by atoms with van der Waals surface area (Å²) in [5, 5.41) is 2.62. The molecule has 1 unspecified atom stereocenters. The van der Waals surface area contributed by atoms with Crippen molar-refractivity contribution in [3.8, 4) is 0 Å². The molecule has 2 saturated heterocycles. The maximum atomic E-state index is 12.1. The zero-order chi connectivity index (χ0) is 16.3. The molecule has 0 aromatic heterocycles. The zero-order valence-electron chi connectivity index (χ0n) is 12.8. The van der Waals surface area contributed by atoms with Gasteiger partial charge in [-0.15, -0.1) is 0 Å². The van der Waals surface area contributed by atoms with Crippen molar-refractivity contribution >= 4 is 23.8 Å². The molecule has 122 valence electrons. The second kappa shape index (κ2) is 6.87. The van der Waals surface area contributed by atoms with Gasteiger partial charge in [0.15, 0.2) is 0 Å². The van der Waals surface area contributed by atoms with Crippen molar-refractivity contribution < 1.29 is 23.9 Å². The molecule has 0 bridgehead atoms. The summed E-state index contributed by atoms with van der Waals surface area (Å²) in [7, 11) is 0. The number of rotatable bonds is 6. The first-order valence-corrected chi connectivity index (χ1v) is 7.45. The fraction of sp³-hybridized carbons (Fsp3) is 0.714. The fourth-order valence-corrected chi connectivity index (χ4v) is 2.45. The maximum Gasteiger partial charge on any atom is 0.334 e. The molecule has 2 heterocycles. The van der Waals surface area contributed by atoms with Crippen molar-refractivity contribution in [2.24, 2.45) is 5.92 Å². The Hall–Kier alpha value is -1.96. The van der Waals surface area contributed by atoms with Crippen LogP contribution >= 0.6 is 0 Å². The van der Waals surface area contributed by atoms with E-state index in [-0.39, 0.29) is 18.6 Å². The number of hydrogen-bond acceptors (Lipinski definition) is 5. The second-order valence-electron chi connectivity index (χ2n) is 5.92. The van der Waals surface area contributed by atoms with E-state index in [1.165, 1.54) is 0 Å². The highest BCUT2D eigenvalue weighted by Crippen LogP contribution is 2.14. The van der Waals surface area contributed by atoms with Gasteiger partial charge in [0.05, 0.1) is 6.10 Å². The molecule has 2 rings (SSSR count). The Morgan fingerprint density at radius 3 is 2.55 bits per heavy atom. The largest absolute Gasteiger partial charge is 0.376 e. The van der Waals surface area contributed by atoms with Crippen LogP contribution in [0.25, 0.3) is 0 Å². The van der Waals surface area contributed by atoms with Crippen molar-refractivity contribution in [2.45, 2.75) is 32.8 Å². The molecular formula is C14H21N3O5. The number of nitrogens with one attached hydrogen (secondary N) is 1. The van der Waals surface area contributed by atoms with E-state index in [2.05, 4.69) is 5.32 Å². The SMILES string of the molecule is CC(C)CN1C(=O)C(=O)N(CC(=O)NCC2CCCO2)C1=O. The molecule has 0 aliphatic carbocycles. The molecule has 8 heteroatoms. The molecule has 5 amide bonds. The normalized spacial score (nSPS) is 22.1. The van der Waals surface area contributed by atoms with Crippen LogP contribution in [0.4, 0.5) is 4.79 Å². The summed E-state index contributed by atoms with van der Waals surface area (Å²) in [4.78, 5) is 49.1. The summed E-state index contributed by atoms with van der Waals surface area (Å²) in [5.74, 6) is -2.24. The summed E-state index contributed by atoms with van der Waals surface area (Å²) >= 11 is 0. The molecular weight excluding hydrogens is 290 g/mol. The number of nitrogens with zero attached hydrogens (tertiary/aromatic N) is 2. The van der Waals surface area contributed by atoms with Crippen molar-refractivity contribution in [1.82, 2.24) is 15.1 Å². The molecule has 2 fully saturated rings. The summed E-state index contributed by atoms with van der Waals surface area (Å²) in [6.45, 7) is 4.42. The van der Waals surface area contributed by atoms with E-state index < -0.39 is 30.3 Å². The first-order valence-electron chi connectivity index (χ1n) is 7.45. The average molecular weight is 311 g/mol. The Labute approximate surface area is 128 Å². The van der Waals surface area contributed by atoms with Gasteiger partial charge in [0, 0.05) is 19.7 Å². The van der Waals surface area contributed by atoms with Crippen molar-refractivity contribution in [3.05, 3.63) is 0 Å². The van der Waals surface area contributed by atoms with E-state index in [9.17, 15) is 19.2 Å². The second-order valence-corrected chi connectivity index (χ2v) is 5.92. The van der Waals surface area contributed by atoms with Gasteiger partial charge in [-0.2, -0.15) is 0 Å². The van der Waals surface area contributed by atoms with Crippen LogP contribution in [-0.4, -0.2) is 65.9 Å². The lowest BCUT2D eigenvalue weighted by atomic mass is 10.2. The van der Waals surface area contributed by atoms with Crippen LogP contribution in [0.1, 0.15) is 26.7 Å². The Kier molecular flexibility index (Phi) is 5.12. The Morgan fingerprint density at radius 1 is 1.27 bits per heavy atom. The highest BCUT2D eigenvalue weighted by Gasteiger charge is 2.45. The molecule has 0 radical (unpaired) electrons. The van der Waals surface area contributed by atoms with E-state index >= 15 is 0 Å². The Balaban J connectivity index is 1.88. The quantitative estimate of drug-likeness (QED) is 0.538. The molecule has 0 aromatic carbocycles. The molecule has 2 aliphatic heterocycles. The number of hydrogen-bond donors (Lipinski definition) is 1. The topological polar surface area (TPSA) is 96.0 Å². The highest BCUT2D eigenvalue weighted by molar-refractivity contribution is 6.45. The van der Waals surface area contributed by atoms with Gasteiger partial charge in [0.25, 0.3) is 0 Å². The van der Waals surface area contributed by atoms with E-state index in [1.807, 2.05) is 13.8 Å². The lowest BCUT2D eigenvalue weighted by Crippen LogP contribution is -2.43. The maximum absolute atomic E-state index is 12.1. The minimum absolute atomic E-state index is 0.0204. The van der Waals surface area contributed by atoms with E-state index in [4.69, 9.17) is 4.74 Å². The van der Waals surface area contributed by atoms with Gasteiger partial charge in [0.2, 0.25) is 5.91 Å². The number of carbonyl (C=O) groups is 4. The van der Waals surface area contributed by atoms with Gasteiger partial charge < -0.3 is 10.1 Å². The predicted octanol–water partition coefficient (Wildman–Crippen LogP) is -0.272. The van der Waals surface area contributed by atoms with Gasteiger partial charge in [-0.05, 0) is 18.8 Å². The summed E-state index contributed by atoms with van der Waals surface area (Å²) < 4.78 is 5.37. The Morgan fingerprint density at radius 2 is 1.95 bits per heavy atom. The summed E-state index contributed by atoms with van der Waals surface area (Å²) in [6.07, 6.45) is 1.82. The number of amides is 5. The summed E-state index contributed by atoms with van der Waals surface area (Å²) in [6, 6.07) is -0.726. The number of ether oxygens (including phenoxy) is 1. The molecule has 8 nitrogen and oxygen atoms in total. The molecule has 2 aliphatic rings. The number of imide groups is 2. The minimum atomic E-state index is -0.946. The average Bonchev–Trinajstić information content (AvgIpc) is 3.04. The monoisotopic (exact) mass is 311 g/mol. The molecule has 0 saturated carbocycles. The van der Waals surface area contributed by atoms with Gasteiger partial charge in [-0.25, -0.2) is 9.69 Å². The van der Waals surface area contributed by atoms with Crippen LogP contribution in [0.15, 0.2) is 0 Å². The van der Waals surface area contributed by atoms with Crippen LogP contribution in [0.5, 0.6) is 0 Å². The van der Waals surface area contributed by atoms with Crippen LogP contribution in [-0.2, 0) is 19.1 Å². The van der Waals surface area contributed by atoms with Crippen molar-refractivity contribution in [3.63, 3.8) is 0 Å². The number of carbonyl (C=O) groups excluding carboxylic acids is 4. The first-order chi connectivity index (χ1) is 10.4. The lowest BCUT2D eigenvalue weighted by molar-refractivity contribution is -0.144. The molecule has 0 aromatic rings. The number of urea groups is 1. The fourth-order valence-electron chi connectivity index (χ4n) is 2.45. The van der Waals surface area contributed by atoms with Gasteiger partial charge in [-0.1, -0.05) is 13.8 Å². The molecule has 0 spiro atoms. The highest BCUT2D eigenvalue weighted by atomic mass is 16.5. The Bertz CT molecular complexity index is 485. The first kappa shape index (κ1) is 16.4. The summed E-state index contributed by atoms with van der Waals surface area (Å²) in [5.41, 5.74) is 0. The van der Waals surface area contributed by atoms with Crippen molar-refractivity contribution in [1.29, 1.82) is 0 Å². The van der Waals surface area contributed by atoms with E-state index in [1.54, 1.807) is 0 Å². The third-order valence-corrected chi connectivity index (χ3v) is 3.54. The smallest absolute Gasteiger partial charge is 0.334 e. The van der Waals surface area contributed by atoms with Gasteiger partial charge in [0.1, 0.15) is 6.54 Å². The lowest BCUT2D eigenvalue weighted by Gasteiger charge is -2.17. The predicted molar refractivity (Wildman–Crippen MR) is 75.6 cm³/mol. The van der Waals surface area contributed by atoms with Crippen LogP contribution in [0.3, 0.4) is 0 Å². The molecule has 1 atom stereocenters. The van der Waals surface area contributed by atoms with Crippen molar-refractivity contribution in [2.75, 3.05) is 26.2 Å². The minimum Gasteiger partial charge on any atom is -0.376 e. The van der Waals surface area contributed by atoms with Gasteiger partial charge >= 0.3 is 17.8 Å². The molecule has 1 N–H and O–H groups in total. The van der Waals surface area contributed by atoms with Gasteiger partial charge in [-0.3, -0.25) is 19.3 Å². The third-order valence-electron chi connectivity index (χ3n) is 3.54. The molecule has 22 heavy (non-hydrogen) atoms. The van der Waals surface area contributed by atoms with E-state index in [0.29, 0.717) is 18.1 Å². The van der Waals surface area contributed by atoms with E-state index in [0.717, 1.165) is 17.7 Å². The van der Waals surface area contributed by atoms with Crippen LogP contribution < -0.4 is 5.32 Å².